The van der Waals surface area contributed by atoms with Crippen LogP contribution in [0.15, 0.2) is 22.8 Å². The SMILES string of the molecule is CC1=CC2=C(C)C(=O)OC2C(C)(C)C1. The molecule has 0 amide bonds. The van der Waals surface area contributed by atoms with Gasteiger partial charge in [-0.1, -0.05) is 25.5 Å². The summed E-state index contributed by atoms with van der Waals surface area (Å²) in [6.07, 6.45) is 3.08. The maximum atomic E-state index is 11.4. The van der Waals surface area contributed by atoms with E-state index in [1.807, 2.05) is 6.92 Å². The molecule has 14 heavy (non-hydrogen) atoms. The van der Waals surface area contributed by atoms with Crippen molar-refractivity contribution in [2.45, 2.75) is 40.2 Å². The third kappa shape index (κ3) is 1.21. The van der Waals surface area contributed by atoms with Crippen LogP contribution in [0.5, 0.6) is 0 Å². The van der Waals surface area contributed by atoms with Crippen molar-refractivity contribution in [2.75, 3.05) is 0 Å². The van der Waals surface area contributed by atoms with Gasteiger partial charge in [0.15, 0.2) is 0 Å². The van der Waals surface area contributed by atoms with E-state index in [9.17, 15) is 4.79 Å². The van der Waals surface area contributed by atoms with Crippen LogP contribution in [0.4, 0.5) is 0 Å². The molecule has 0 spiro atoms. The van der Waals surface area contributed by atoms with Crippen LogP contribution >= 0.6 is 0 Å². The highest BCUT2D eigenvalue weighted by molar-refractivity contribution is 5.92. The molecular weight excluding hydrogens is 176 g/mol. The van der Waals surface area contributed by atoms with Gasteiger partial charge in [0.1, 0.15) is 6.10 Å². The Hall–Kier alpha value is -1.05. The van der Waals surface area contributed by atoms with Crippen LogP contribution in [0.25, 0.3) is 0 Å². The summed E-state index contributed by atoms with van der Waals surface area (Å²) in [5.74, 6) is -0.149. The van der Waals surface area contributed by atoms with Gasteiger partial charge in [0.2, 0.25) is 0 Å². The minimum absolute atomic E-state index is 0.0290. The second-order valence-corrected chi connectivity index (χ2v) is 5.02. The predicted octanol–water partition coefficient (Wildman–Crippen LogP) is 2.60. The van der Waals surface area contributed by atoms with Gasteiger partial charge in [0.25, 0.3) is 0 Å². The van der Waals surface area contributed by atoms with E-state index in [4.69, 9.17) is 4.74 Å². The quantitative estimate of drug-likeness (QED) is 0.551. The predicted molar refractivity (Wildman–Crippen MR) is 54.7 cm³/mol. The van der Waals surface area contributed by atoms with E-state index in [0.717, 1.165) is 17.6 Å². The van der Waals surface area contributed by atoms with Gasteiger partial charge in [-0.15, -0.1) is 0 Å². The maximum absolute atomic E-state index is 11.4. The normalized spacial score (nSPS) is 29.9. The van der Waals surface area contributed by atoms with Crippen molar-refractivity contribution >= 4 is 5.97 Å². The first-order chi connectivity index (χ1) is 6.42. The van der Waals surface area contributed by atoms with Gasteiger partial charge in [-0.3, -0.25) is 0 Å². The molecule has 76 valence electrons. The summed E-state index contributed by atoms with van der Waals surface area (Å²) in [4.78, 5) is 11.4. The van der Waals surface area contributed by atoms with Crippen LogP contribution < -0.4 is 0 Å². The van der Waals surface area contributed by atoms with Crippen molar-refractivity contribution in [1.82, 2.24) is 0 Å². The first kappa shape index (κ1) is 9.50. The van der Waals surface area contributed by atoms with Gasteiger partial charge < -0.3 is 4.74 Å². The van der Waals surface area contributed by atoms with E-state index in [-0.39, 0.29) is 17.5 Å². The van der Waals surface area contributed by atoms with Gasteiger partial charge >= 0.3 is 5.97 Å². The molecule has 0 fully saturated rings. The Morgan fingerprint density at radius 1 is 1.43 bits per heavy atom. The summed E-state index contributed by atoms with van der Waals surface area (Å²) < 4.78 is 5.38. The number of ether oxygens (including phenoxy) is 1. The second kappa shape index (κ2) is 2.72. The smallest absolute Gasteiger partial charge is 0.334 e. The zero-order chi connectivity index (χ0) is 10.5. The highest BCUT2D eigenvalue weighted by Gasteiger charge is 2.43. The van der Waals surface area contributed by atoms with Crippen molar-refractivity contribution in [2.24, 2.45) is 5.41 Å². The summed E-state index contributed by atoms with van der Waals surface area (Å²) >= 11 is 0. The van der Waals surface area contributed by atoms with E-state index in [1.165, 1.54) is 5.57 Å². The number of allylic oxidation sites excluding steroid dienone is 1. The number of esters is 1. The van der Waals surface area contributed by atoms with Crippen LogP contribution in [-0.4, -0.2) is 12.1 Å². The number of carbonyl (C=O) groups is 1. The molecule has 0 saturated heterocycles. The third-order valence-corrected chi connectivity index (χ3v) is 3.09. The largest absolute Gasteiger partial charge is 0.454 e. The Morgan fingerprint density at radius 3 is 2.71 bits per heavy atom. The van der Waals surface area contributed by atoms with E-state index in [1.54, 1.807) is 0 Å². The lowest BCUT2D eigenvalue weighted by Gasteiger charge is -2.35. The monoisotopic (exact) mass is 192 g/mol. The first-order valence-corrected chi connectivity index (χ1v) is 5.01. The maximum Gasteiger partial charge on any atom is 0.334 e. The third-order valence-electron chi connectivity index (χ3n) is 3.09. The van der Waals surface area contributed by atoms with E-state index < -0.39 is 0 Å². The van der Waals surface area contributed by atoms with Gasteiger partial charge in [-0.25, -0.2) is 4.79 Å². The zero-order valence-corrected chi connectivity index (χ0v) is 9.18. The van der Waals surface area contributed by atoms with Gasteiger partial charge in [-0.05, 0) is 20.3 Å². The molecule has 0 saturated carbocycles. The number of carbonyl (C=O) groups excluding carboxylic acids is 1. The summed E-state index contributed by atoms with van der Waals surface area (Å²) in [6, 6.07) is 0. The lowest BCUT2D eigenvalue weighted by Crippen LogP contribution is -2.34. The topological polar surface area (TPSA) is 26.3 Å². The van der Waals surface area contributed by atoms with Gasteiger partial charge in [0, 0.05) is 16.6 Å². The number of fused-ring (bicyclic) bond motifs is 1. The van der Waals surface area contributed by atoms with Crippen molar-refractivity contribution in [3.05, 3.63) is 22.8 Å². The fraction of sp³-hybridized carbons (Fsp3) is 0.583. The van der Waals surface area contributed by atoms with Crippen LogP contribution in [-0.2, 0) is 9.53 Å². The lowest BCUT2D eigenvalue weighted by atomic mass is 9.73. The second-order valence-electron chi connectivity index (χ2n) is 5.02. The Bertz CT molecular complexity index is 359. The summed E-state index contributed by atoms with van der Waals surface area (Å²) in [5.41, 5.74) is 3.24. The molecule has 0 aromatic heterocycles. The van der Waals surface area contributed by atoms with Crippen LogP contribution in [0.2, 0.25) is 0 Å². The Kier molecular flexibility index (Phi) is 1.85. The summed E-state index contributed by atoms with van der Waals surface area (Å²) in [7, 11) is 0. The Morgan fingerprint density at radius 2 is 2.07 bits per heavy atom. The molecule has 0 aromatic rings. The average molecular weight is 192 g/mol. The molecule has 1 aliphatic heterocycles. The molecule has 1 atom stereocenters. The average Bonchev–Trinajstić information content (AvgIpc) is 2.31. The Labute approximate surface area is 84.6 Å². The summed E-state index contributed by atoms with van der Waals surface area (Å²) in [5, 5.41) is 0. The van der Waals surface area contributed by atoms with Crippen molar-refractivity contribution in [3.8, 4) is 0 Å². The first-order valence-electron chi connectivity index (χ1n) is 5.01. The van der Waals surface area contributed by atoms with Gasteiger partial charge in [0.05, 0.1) is 0 Å². The molecule has 2 aliphatic rings. The minimum Gasteiger partial charge on any atom is -0.454 e. The molecule has 1 heterocycles. The zero-order valence-electron chi connectivity index (χ0n) is 9.18. The fourth-order valence-corrected chi connectivity index (χ4v) is 2.47. The van der Waals surface area contributed by atoms with Crippen molar-refractivity contribution in [1.29, 1.82) is 0 Å². The van der Waals surface area contributed by atoms with Crippen molar-refractivity contribution in [3.63, 3.8) is 0 Å². The highest BCUT2D eigenvalue weighted by Crippen LogP contribution is 2.44. The number of hydrogen-bond donors (Lipinski definition) is 0. The molecule has 0 aromatic carbocycles. The van der Waals surface area contributed by atoms with E-state index >= 15 is 0 Å². The minimum atomic E-state index is -0.149. The molecule has 2 nitrogen and oxygen atoms in total. The Balaban J connectivity index is 2.52. The number of rotatable bonds is 0. The fourth-order valence-electron chi connectivity index (χ4n) is 2.47. The highest BCUT2D eigenvalue weighted by atomic mass is 16.5. The number of hydrogen-bond acceptors (Lipinski definition) is 2. The summed E-state index contributed by atoms with van der Waals surface area (Å²) in [6.45, 7) is 8.27. The van der Waals surface area contributed by atoms with Crippen LogP contribution in [0.1, 0.15) is 34.1 Å². The standard InChI is InChI=1S/C12H16O2/c1-7-5-9-8(2)11(13)14-10(9)12(3,4)6-7/h5,10H,6H2,1-4H3. The molecule has 1 unspecified atom stereocenters. The van der Waals surface area contributed by atoms with Crippen molar-refractivity contribution < 1.29 is 9.53 Å². The molecule has 1 aliphatic carbocycles. The lowest BCUT2D eigenvalue weighted by molar-refractivity contribution is -0.144. The van der Waals surface area contributed by atoms with E-state index in [0.29, 0.717) is 0 Å². The molecule has 2 heteroatoms. The molecular formula is C12H16O2. The molecule has 2 rings (SSSR count). The van der Waals surface area contributed by atoms with Crippen LogP contribution in [0, 0.1) is 5.41 Å². The molecule has 0 radical (unpaired) electrons. The van der Waals surface area contributed by atoms with E-state index in [2.05, 4.69) is 26.8 Å². The van der Waals surface area contributed by atoms with Crippen LogP contribution in [0.3, 0.4) is 0 Å². The molecule has 0 bridgehead atoms. The molecule has 0 N–H and O–H groups in total. The van der Waals surface area contributed by atoms with Gasteiger partial charge in [-0.2, -0.15) is 0 Å².